The Morgan fingerprint density at radius 1 is 1.31 bits per heavy atom. The summed E-state index contributed by atoms with van der Waals surface area (Å²) >= 11 is 0. The number of aliphatic carboxylic acids is 1. The van der Waals surface area contributed by atoms with Gasteiger partial charge in [-0.05, 0) is 37.5 Å². The van der Waals surface area contributed by atoms with Gasteiger partial charge in [0.2, 0.25) is 5.95 Å². The second-order valence-corrected chi connectivity index (χ2v) is 8.20. The van der Waals surface area contributed by atoms with Crippen LogP contribution in [-0.4, -0.2) is 46.7 Å². The van der Waals surface area contributed by atoms with Crippen LogP contribution < -0.4 is 9.80 Å². The molecule has 1 N–H and O–H groups in total. The van der Waals surface area contributed by atoms with E-state index in [4.69, 9.17) is 10.1 Å². The molecule has 1 saturated carbocycles. The summed E-state index contributed by atoms with van der Waals surface area (Å²) in [4.78, 5) is 24.0. The Kier molecular flexibility index (Phi) is 3.28. The van der Waals surface area contributed by atoms with Gasteiger partial charge in [-0.3, -0.25) is 4.79 Å². The van der Waals surface area contributed by atoms with Crippen LogP contribution >= 0.6 is 0 Å². The molecule has 2 aliphatic carbocycles. The number of nitrogens with zero attached hydrogens (tertiary/aromatic N) is 4. The van der Waals surface area contributed by atoms with Crippen molar-refractivity contribution in [3.8, 4) is 0 Å². The van der Waals surface area contributed by atoms with Crippen LogP contribution in [0.5, 0.6) is 0 Å². The Labute approximate surface area is 150 Å². The van der Waals surface area contributed by atoms with Gasteiger partial charge in [0, 0.05) is 44.1 Å². The molecule has 0 amide bonds. The van der Waals surface area contributed by atoms with Crippen LogP contribution in [0.15, 0.2) is 0 Å². The van der Waals surface area contributed by atoms with Crippen LogP contribution in [-0.2, 0) is 17.1 Å². The number of hydrogen-bond acceptors (Lipinski definition) is 5. The van der Waals surface area contributed by atoms with Crippen LogP contribution in [0, 0.1) is 17.8 Å². The van der Waals surface area contributed by atoms with E-state index >= 15 is 0 Å². The highest BCUT2D eigenvalue weighted by Crippen LogP contribution is 2.55. The van der Waals surface area contributed by atoms with E-state index in [9.17, 15) is 13.6 Å². The lowest BCUT2D eigenvalue weighted by Gasteiger charge is -2.39. The molecule has 1 aromatic heterocycles. The Morgan fingerprint density at radius 3 is 2.62 bits per heavy atom. The van der Waals surface area contributed by atoms with Crippen LogP contribution in [0.1, 0.15) is 37.4 Å². The highest BCUT2D eigenvalue weighted by molar-refractivity contribution is 5.68. The molecule has 2 aliphatic heterocycles. The third kappa shape index (κ3) is 2.30. The maximum absolute atomic E-state index is 14.4. The molecule has 140 valence electrons. The number of rotatable bonds is 4. The number of fused-ring (bicyclic) bond motifs is 2. The quantitative estimate of drug-likeness (QED) is 0.884. The summed E-state index contributed by atoms with van der Waals surface area (Å²) in [6.45, 7) is 4.29. The first kappa shape index (κ1) is 16.2. The summed E-state index contributed by atoms with van der Waals surface area (Å²) in [5.74, 6) is -1.63. The third-order valence-electron chi connectivity index (χ3n) is 6.67. The molecule has 6 nitrogen and oxygen atoms in total. The first-order valence-electron chi connectivity index (χ1n) is 9.38. The Bertz CT molecular complexity index is 775. The minimum absolute atomic E-state index is 0.0979. The van der Waals surface area contributed by atoms with Gasteiger partial charge < -0.3 is 14.9 Å². The van der Waals surface area contributed by atoms with E-state index in [0.717, 1.165) is 13.0 Å². The van der Waals surface area contributed by atoms with Gasteiger partial charge in [-0.1, -0.05) is 0 Å². The van der Waals surface area contributed by atoms with Gasteiger partial charge in [0.15, 0.2) is 0 Å². The van der Waals surface area contributed by atoms with E-state index < -0.39 is 11.9 Å². The van der Waals surface area contributed by atoms with Gasteiger partial charge >= 0.3 is 5.97 Å². The van der Waals surface area contributed by atoms with E-state index in [-0.39, 0.29) is 30.5 Å². The normalized spacial score (nSPS) is 33.7. The molecular weight excluding hydrogens is 342 g/mol. The lowest BCUT2D eigenvalue weighted by Crippen LogP contribution is -2.47. The lowest BCUT2D eigenvalue weighted by atomic mass is 10.1. The van der Waals surface area contributed by atoms with Crippen molar-refractivity contribution in [3.63, 3.8) is 0 Å². The number of piperidine rings is 1. The van der Waals surface area contributed by atoms with Crippen molar-refractivity contribution >= 4 is 17.7 Å². The molecule has 5 rings (SSSR count). The largest absolute Gasteiger partial charge is 0.481 e. The number of aromatic nitrogens is 2. The summed E-state index contributed by atoms with van der Waals surface area (Å²) in [5.41, 5.74) is 0.488. The summed E-state index contributed by atoms with van der Waals surface area (Å²) in [6.07, 6.45) is 1.33. The second kappa shape index (κ2) is 5.27. The molecule has 0 bridgehead atoms. The molecule has 4 atom stereocenters. The molecule has 0 aromatic carbocycles. The molecule has 3 fully saturated rings. The van der Waals surface area contributed by atoms with Crippen molar-refractivity contribution in [1.82, 2.24) is 9.97 Å². The predicted molar refractivity (Wildman–Crippen MR) is 90.6 cm³/mol. The van der Waals surface area contributed by atoms with E-state index in [1.54, 1.807) is 0 Å². The first-order chi connectivity index (χ1) is 12.3. The summed E-state index contributed by atoms with van der Waals surface area (Å²) in [7, 11) is 0. The van der Waals surface area contributed by atoms with Gasteiger partial charge in [0.1, 0.15) is 11.5 Å². The van der Waals surface area contributed by atoms with Crippen LogP contribution in [0.3, 0.4) is 0 Å². The zero-order valence-corrected chi connectivity index (χ0v) is 14.7. The molecule has 3 heterocycles. The van der Waals surface area contributed by atoms with Gasteiger partial charge in [-0.25, -0.2) is 4.98 Å². The number of carboxylic acid groups (broad SMARTS) is 1. The highest BCUT2D eigenvalue weighted by atomic mass is 19.3. The van der Waals surface area contributed by atoms with Crippen molar-refractivity contribution in [2.45, 2.75) is 44.6 Å². The predicted octanol–water partition coefficient (Wildman–Crippen LogP) is 2.27. The van der Waals surface area contributed by atoms with Crippen LogP contribution in [0.2, 0.25) is 0 Å². The van der Waals surface area contributed by atoms with Gasteiger partial charge in [0.25, 0.3) is 5.92 Å². The summed E-state index contributed by atoms with van der Waals surface area (Å²) in [6, 6.07) is 0.280. The van der Waals surface area contributed by atoms with Crippen LogP contribution in [0.4, 0.5) is 20.5 Å². The molecule has 0 radical (unpaired) electrons. The van der Waals surface area contributed by atoms with E-state index in [2.05, 4.69) is 16.8 Å². The van der Waals surface area contributed by atoms with E-state index in [1.165, 1.54) is 0 Å². The minimum Gasteiger partial charge on any atom is -0.481 e. The molecule has 4 aliphatic rings. The highest BCUT2D eigenvalue weighted by Gasteiger charge is 2.57. The number of carbonyl (C=O) groups is 1. The number of alkyl halides is 2. The van der Waals surface area contributed by atoms with Crippen molar-refractivity contribution < 1.29 is 18.7 Å². The average Bonchev–Trinajstić information content (AvgIpc) is 2.93. The molecule has 26 heavy (non-hydrogen) atoms. The minimum atomic E-state index is -2.88. The maximum atomic E-state index is 14.4. The monoisotopic (exact) mass is 364 g/mol. The Balaban J connectivity index is 1.45. The average molecular weight is 364 g/mol. The van der Waals surface area contributed by atoms with Crippen molar-refractivity contribution in [1.29, 1.82) is 0 Å². The molecule has 2 saturated heterocycles. The van der Waals surface area contributed by atoms with Crippen molar-refractivity contribution in [2.24, 2.45) is 17.8 Å². The Hall–Kier alpha value is -1.99. The van der Waals surface area contributed by atoms with E-state index in [1.807, 2.05) is 4.90 Å². The Morgan fingerprint density at radius 2 is 2.04 bits per heavy atom. The molecule has 0 unspecified atom stereocenters. The number of hydrogen-bond donors (Lipinski definition) is 1. The van der Waals surface area contributed by atoms with Crippen molar-refractivity contribution in [3.05, 3.63) is 11.3 Å². The van der Waals surface area contributed by atoms with Gasteiger partial charge in [0.05, 0.1) is 0 Å². The summed E-state index contributed by atoms with van der Waals surface area (Å²) < 4.78 is 28.7. The molecule has 8 heteroatoms. The van der Waals surface area contributed by atoms with Gasteiger partial charge in [-0.15, -0.1) is 0 Å². The first-order valence-corrected chi connectivity index (χ1v) is 9.38. The summed E-state index contributed by atoms with van der Waals surface area (Å²) in [5, 5.41) is 8.98. The van der Waals surface area contributed by atoms with Gasteiger partial charge in [-0.2, -0.15) is 13.8 Å². The second-order valence-electron chi connectivity index (χ2n) is 8.20. The number of carboxylic acids is 1. The van der Waals surface area contributed by atoms with Crippen LogP contribution in [0.25, 0.3) is 0 Å². The smallest absolute Gasteiger partial charge is 0.303 e. The fourth-order valence-electron chi connectivity index (χ4n) is 4.92. The molecule has 0 spiro atoms. The lowest BCUT2D eigenvalue weighted by molar-refractivity contribution is -0.137. The SMILES string of the molecule is C[C@H]1CCN1c1nc(N2C[C@@H]3[C@@H](CC(=O)O)[C@@H]3C2)c2c(n1)C(F)(F)CC2. The third-order valence-corrected chi connectivity index (χ3v) is 6.67. The zero-order chi connectivity index (χ0) is 18.2. The number of halogens is 2. The standard InChI is InChI=1S/C18H22F2N4O2/c1-9-3-5-24(9)17-21-15-10(2-4-18(15,19)20)16(22-17)23-7-12-11(6-14(25)26)13(12)8-23/h9,11-13H,2-8H2,1H3,(H,25,26)/t9-,11-,12-,13+/m0/s1. The maximum Gasteiger partial charge on any atom is 0.303 e. The van der Waals surface area contributed by atoms with Crippen molar-refractivity contribution in [2.75, 3.05) is 29.4 Å². The van der Waals surface area contributed by atoms with E-state index in [0.29, 0.717) is 48.7 Å². The molecular formula is C18H22F2N4O2. The number of anilines is 2. The fourth-order valence-corrected chi connectivity index (χ4v) is 4.92. The fraction of sp³-hybridized carbons (Fsp3) is 0.722. The molecule has 1 aromatic rings. The topological polar surface area (TPSA) is 69.6 Å². The zero-order valence-electron chi connectivity index (χ0n) is 14.7.